The summed E-state index contributed by atoms with van der Waals surface area (Å²) in [6, 6.07) is 108. The summed E-state index contributed by atoms with van der Waals surface area (Å²) in [5.74, 6) is -3.34. The lowest BCUT2D eigenvalue weighted by molar-refractivity contribution is -0.384. The number of hydrogen-bond acceptors (Lipinski definition) is 13. The number of carbonyl (C=O) groups excluding carboxylic acids is 10. The highest BCUT2D eigenvalue weighted by Gasteiger charge is 2.33. The Hall–Kier alpha value is -17.0. The molecule has 0 fully saturated rings. The molecule has 27 heteroatoms. The number of rotatable bonds is 37. The second-order valence-electron chi connectivity index (χ2n) is 33.1. The molecule has 0 heterocycles. The maximum atomic E-state index is 14.0. The van der Waals surface area contributed by atoms with Crippen molar-refractivity contribution in [3.05, 3.63) is 504 Å². The number of nitrogens with zero attached hydrogens (tertiary/aromatic N) is 1. The fourth-order valence-electron chi connectivity index (χ4n) is 15.2. The topological polar surface area (TPSA) is 283 Å². The minimum absolute atomic E-state index is 0.0259. The molecule has 15 rings (SSSR count). The van der Waals surface area contributed by atoms with Crippen LogP contribution in [0.4, 0.5) is 64.9 Å². The normalized spacial score (nSPS) is 10.7. The summed E-state index contributed by atoms with van der Waals surface area (Å²) >= 11 is 5.86. The summed E-state index contributed by atoms with van der Waals surface area (Å²) in [7, 11) is 1.46. The van der Waals surface area contributed by atoms with E-state index in [2.05, 4.69) is 38.7 Å². The van der Waals surface area contributed by atoms with Crippen molar-refractivity contribution in [3.63, 3.8) is 0 Å². The maximum absolute atomic E-state index is 14.0. The van der Waals surface area contributed by atoms with Crippen LogP contribution in [0.5, 0.6) is 5.75 Å². The van der Waals surface area contributed by atoms with E-state index in [4.69, 9.17) is 16.3 Å². The lowest BCUT2D eigenvalue weighted by Crippen LogP contribution is -2.17. The molecule has 0 atom stereocenters. The summed E-state index contributed by atoms with van der Waals surface area (Å²) in [4.78, 5) is 136. The van der Waals surface area contributed by atoms with Gasteiger partial charge in [0.1, 0.15) is 11.6 Å². The number of ketones is 5. The molecule has 0 bridgehead atoms. The van der Waals surface area contributed by atoms with Gasteiger partial charge in [-0.1, -0.05) is 242 Å². The molecule has 0 aliphatic carbocycles. The summed E-state index contributed by atoms with van der Waals surface area (Å²) in [5.41, 5.74) is 8.29. The third-order valence-electron chi connectivity index (χ3n) is 22.7. The van der Waals surface area contributed by atoms with Crippen molar-refractivity contribution in [2.75, 3.05) is 33.7 Å². The number of nitro benzene ring substituents is 1. The number of halogens is 8. The number of aryl methyl sites for hydroxylation is 5. The van der Waals surface area contributed by atoms with Crippen molar-refractivity contribution in [2.24, 2.45) is 0 Å². The molecule has 5 amide bonds. The van der Waals surface area contributed by atoms with E-state index in [0.29, 0.717) is 119 Å². The van der Waals surface area contributed by atoms with Gasteiger partial charge in [-0.3, -0.25) is 58.1 Å². The van der Waals surface area contributed by atoms with Crippen LogP contribution in [0.2, 0.25) is 5.02 Å². The van der Waals surface area contributed by atoms with Crippen LogP contribution >= 0.6 is 11.6 Å². The fraction of sp³-hybridized carbons (Fsp3) is 0.153. The van der Waals surface area contributed by atoms with Crippen molar-refractivity contribution < 1.29 is 88.3 Å². The van der Waals surface area contributed by atoms with Crippen LogP contribution in [-0.2, 0) is 44.5 Å². The van der Waals surface area contributed by atoms with Gasteiger partial charge >= 0.3 is 12.4 Å². The zero-order valence-corrected chi connectivity index (χ0v) is 79.6. The molecular formula is C118H102ClF7N6O13. The number of non-ortho nitro benzene ring substituents is 1. The Bertz CT molecular complexity index is 6930. The Morgan fingerprint density at radius 2 is 0.572 bits per heavy atom. The van der Waals surface area contributed by atoms with Crippen LogP contribution in [0.25, 0.3) is 0 Å². The van der Waals surface area contributed by atoms with Crippen LogP contribution in [0.3, 0.4) is 0 Å². The molecule has 738 valence electrons. The quantitative estimate of drug-likeness (QED) is 0.0105. The first-order valence-corrected chi connectivity index (χ1v) is 46.9. The van der Waals surface area contributed by atoms with Crippen molar-refractivity contribution >= 4 is 104 Å². The average molecular weight is 1980 g/mol. The Kier molecular flexibility index (Phi) is 41.3. The van der Waals surface area contributed by atoms with E-state index in [1.807, 2.05) is 146 Å². The number of hydrogen-bond donors (Lipinski definition) is 5. The number of nitrogens with one attached hydrogen (secondary N) is 5. The van der Waals surface area contributed by atoms with E-state index in [9.17, 15) is 88.8 Å². The van der Waals surface area contributed by atoms with E-state index in [-0.39, 0.29) is 74.1 Å². The maximum Gasteiger partial charge on any atom is 0.416 e. The van der Waals surface area contributed by atoms with Gasteiger partial charge in [0.25, 0.3) is 35.2 Å². The highest BCUT2D eigenvalue weighted by atomic mass is 35.5. The number of amides is 5. The summed E-state index contributed by atoms with van der Waals surface area (Å²) in [6.45, 7) is 0. The van der Waals surface area contributed by atoms with Crippen molar-refractivity contribution in [1.29, 1.82) is 0 Å². The van der Waals surface area contributed by atoms with Crippen LogP contribution in [0.1, 0.15) is 207 Å². The zero-order chi connectivity index (χ0) is 103. The Labute approximate surface area is 839 Å². The smallest absolute Gasteiger partial charge is 0.416 e. The monoisotopic (exact) mass is 1980 g/mol. The van der Waals surface area contributed by atoms with Crippen molar-refractivity contribution in [2.45, 2.75) is 109 Å². The third kappa shape index (κ3) is 34.5. The Morgan fingerprint density at radius 3 is 0.903 bits per heavy atom. The van der Waals surface area contributed by atoms with Gasteiger partial charge in [0.05, 0.1) is 57.2 Å². The summed E-state index contributed by atoms with van der Waals surface area (Å²) in [5, 5.41) is 24.9. The lowest BCUT2D eigenvalue weighted by atomic mass is 10.0. The van der Waals surface area contributed by atoms with Crippen LogP contribution < -0.4 is 31.3 Å². The molecule has 15 aromatic rings. The molecule has 0 saturated heterocycles. The van der Waals surface area contributed by atoms with E-state index in [1.54, 1.807) is 140 Å². The number of anilines is 5. The van der Waals surface area contributed by atoms with E-state index in [0.717, 1.165) is 86.1 Å². The first-order valence-electron chi connectivity index (χ1n) is 46.5. The number of para-hydroxylation sites is 5. The standard InChI is InChI=1S/2C24H20F3NO2.C24H22FNO3.C23H20ClNO2.C23H20N2O4/c25-24(26,27)19-12-7-11-18(16-19)23(30)28-21-14-5-4-13-20(21)22(29)15-6-10-17-8-2-1-3-9-17;25-24(26,27)19-15-13-18(14-16-19)23(30)28-21-11-5-4-10-20(21)22(29)12-6-9-17-7-2-1-3-8-17;1-29-22-16-8-13-19(21(27)15-7-11-17-9-3-2-4-10-17)23(22)26-24(28)18-12-5-6-14-20(18)25;24-19-15-13-18(14-16-19)23(27)25-21-11-5-4-10-20(21)22(26)12-6-9-17-7-2-1-3-8-17;26-22(15-6-10-17-8-2-1-3-9-17)20-13-4-5-14-21(20)24-23(27)18-11-7-12-19(16-18)25(28)29/h1-5,7-9,11-14,16H,6,10,15H2,(H,28,30);1-5,7-8,10-11,13-16H,6,9,12H2,(H,28,30);2-6,8-10,12-14,16H,7,11,15H2,1H3,(H,26,28);1-5,7-8,10-11,13-16H,6,9,12H2,(H,25,27);1-5,7-9,11-14,16H,6,10,15H2,(H,24,27). The van der Waals surface area contributed by atoms with Gasteiger partial charge < -0.3 is 31.3 Å². The fourth-order valence-corrected chi connectivity index (χ4v) is 15.3. The molecule has 0 radical (unpaired) electrons. The number of alkyl halides is 6. The van der Waals surface area contributed by atoms with Crippen molar-refractivity contribution in [1.82, 2.24) is 0 Å². The van der Waals surface area contributed by atoms with Gasteiger partial charge in [0.15, 0.2) is 28.9 Å². The van der Waals surface area contributed by atoms with Gasteiger partial charge in [-0.15, -0.1) is 0 Å². The van der Waals surface area contributed by atoms with Gasteiger partial charge in [-0.25, -0.2) is 4.39 Å². The highest BCUT2D eigenvalue weighted by Crippen LogP contribution is 2.35. The van der Waals surface area contributed by atoms with Crippen LogP contribution in [0.15, 0.2) is 388 Å². The van der Waals surface area contributed by atoms with Crippen molar-refractivity contribution in [3.8, 4) is 5.75 Å². The summed E-state index contributed by atoms with van der Waals surface area (Å²) in [6.07, 6.45) is 0.171. The van der Waals surface area contributed by atoms with Gasteiger partial charge in [0.2, 0.25) is 0 Å². The molecule has 0 spiro atoms. The predicted octanol–water partition coefficient (Wildman–Crippen LogP) is 28.5. The minimum atomic E-state index is -4.54. The van der Waals surface area contributed by atoms with Gasteiger partial charge in [0, 0.05) is 99.3 Å². The average Bonchev–Trinajstić information content (AvgIpc) is 0.692. The Morgan fingerprint density at radius 1 is 0.290 bits per heavy atom. The largest absolute Gasteiger partial charge is 0.495 e. The molecule has 5 N–H and O–H groups in total. The Balaban J connectivity index is 0.000000173. The molecule has 0 aliphatic rings. The molecule has 15 aromatic carbocycles. The number of nitro groups is 1. The van der Waals surface area contributed by atoms with Crippen LogP contribution in [-0.4, -0.2) is 70.5 Å². The summed E-state index contributed by atoms with van der Waals surface area (Å²) < 4.78 is 96.0. The molecular weight excluding hydrogens is 1880 g/mol. The predicted molar refractivity (Wildman–Crippen MR) is 551 cm³/mol. The molecule has 0 saturated carbocycles. The van der Waals surface area contributed by atoms with E-state index < -0.39 is 57.8 Å². The molecule has 0 unspecified atom stereocenters. The third-order valence-corrected chi connectivity index (χ3v) is 23.0. The van der Waals surface area contributed by atoms with Crippen LogP contribution in [0, 0.1) is 15.9 Å². The zero-order valence-electron chi connectivity index (χ0n) is 78.8. The number of benzene rings is 15. The molecule has 0 aromatic heterocycles. The second kappa shape index (κ2) is 55.3. The number of ether oxygens (including phenoxy) is 1. The minimum Gasteiger partial charge on any atom is -0.495 e. The first-order chi connectivity index (χ1) is 70.0. The molecule has 0 aliphatic heterocycles. The van der Waals surface area contributed by atoms with E-state index >= 15 is 0 Å². The highest BCUT2D eigenvalue weighted by molar-refractivity contribution is 6.30. The molecule has 19 nitrogen and oxygen atoms in total. The van der Waals surface area contributed by atoms with Gasteiger partial charge in [-0.2, -0.15) is 26.3 Å². The number of Topliss-reactive ketones (excluding diaryl/α,β-unsaturated/α-hetero) is 5. The van der Waals surface area contributed by atoms with Gasteiger partial charge in [-0.05, 0) is 238 Å². The number of methoxy groups -OCH3 is 1. The lowest BCUT2D eigenvalue weighted by Gasteiger charge is -2.15. The first kappa shape index (κ1) is 108. The SMILES string of the molecule is COc1cccc(C(=O)CCCc2ccccc2)c1NC(=O)c1ccccc1F.O=C(Nc1ccccc1C(=O)CCCc1ccccc1)c1ccc(C(F)(F)F)cc1.O=C(Nc1ccccc1C(=O)CCCc1ccccc1)c1ccc(Cl)cc1.O=C(Nc1ccccc1C(=O)CCCc1ccccc1)c1cccc(C(F)(F)F)c1.O=C(Nc1ccccc1C(=O)CCCc1ccccc1)c1cccc([N+](=O)[O-])c1. The second-order valence-corrected chi connectivity index (χ2v) is 33.5. The van der Waals surface area contributed by atoms with E-state index in [1.165, 1.54) is 78.4 Å². The number of carbonyl (C=O) groups is 10. The molecule has 145 heavy (non-hydrogen) atoms.